The van der Waals surface area contributed by atoms with Crippen molar-refractivity contribution in [2.75, 3.05) is 19.4 Å². The molecule has 2 aromatic heterocycles. The maximum Gasteiger partial charge on any atom is 0.254 e. The van der Waals surface area contributed by atoms with E-state index in [1.807, 2.05) is 0 Å². The summed E-state index contributed by atoms with van der Waals surface area (Å²) in [5.74, 6) is 2.20. The number of carbonyl (C=O) groups is 1. The molecule has 0 atom stereocenters. The number of aromatic nitrogens is 3. The first kappa shape index (κ1) is 15.5. The average molecular weight is 315 g/mol. The molecule has 122 valence electrons. The zero-order valence-corrected chi connectivity index (χ0v) is 13.5. The van der Waals surface area contributed by atoms with E-state index in [-0.39, 0.29) is 5.91 Å². The van der Waals surface area contributed by atoms with Crippen molar-refractivity contribution in [3.05, 3.63) is 35.6 Å². The lowest BCUT2D eigenvalue weighted by Gasteiger charge is -2.15. The van der Waals surface area contributed by atoms with Crippen molar-refractivity contribution < 1.29 is 9.32 Å². The molecular weight excluding hydrogens is 294 g/mol. The molecule has 1 saturated carbocycles. The van der Waals surface area contributed by atoms with Crippen molar-refractivity contribution in [3.8, 4) is 0 Å². The van der Waals surface area contributed by atoms with Crippen molar-refractivity contribution in [2.24, 2.45) is 0 Å². The smallest absolute Gasteiger partial charge is 0.254 e. The number of hydrogen-bond acceptors (Lipinski definition) is 6. The lowest BCUT2D eigenvalue weighted by Crippen LogP contribution is -2.26. The van der Waals surface area contributed by atoms with Gasteiger partial charge in [-0.25, -0.2) is 4.98 Å². The molecule has 1 amide bonds. The van der Waals surface area contributed by atoms with Crippen LogP contribution in [0.4, 0.5) is 5.82 Å². The molecule has 2 aromatic rings. The first-order valence-corrected chi connectivity index (χ1v) is 7.89. The highest BCUT2D eigenvalue weighted by Crippen LogP contribution is 2.32. The minimum absolute atomic E-state index is 0.101. The van der Waals surface area contributed by atoms with Gasteiger partial charge in [-0.1, -0.05) is 18.0 Å². The van der Waals surface area contributed by atoms with Crippen molar-refractivity contribution in [2.45, 2.75) is 38.1 Å². The molecule has 1 aliphatic rings. The Labute approximate surface area is 135 Å². The standard InChI is InChI=1S/C16H21N5O2/c1-17-13-9-12(7-8-18-13)16(22)21(2)10-14-19-15(23-20-14)11-5-3-4-6-11/h7-9,11H,3-6,10H2,1-2H3,(H,17,18). The second kappa shape index (κ2) is 6.76. The fraction of sp³-hybridized carbons (Fsp3) is 0.500. The normalized spacial score (nSPS) is 14.9. The van der Waals surface area contributed by atoms with Crippen LogP contribution in [0.2, 0.25) is 0 Å². The largest absolute Gasteiger partial charge is 0.373 e. The molecule has 7 heteroatoms. The van der Waals surface area contributed by atoms with Gasteiger partial charge in [0.25, 0.3) is 5.91 Å². The van der Waals surface area contributed by atoms with E-state index in [1.165, 1.54) is 12.8 Å². The quantitative estimate of drug-likeness (QED) is 0.912. The molecular formula is C16H21N5O2. The molecule has 0 aromatic carbocycles. The van der Waals surface area contributed by atoms with Gasteiger partial charge in [0, 0.05) is 31.8 Å². The van der Waals surface area contributed by atoms with E-state index >= 15 is 0 Å². The maximum absolute atomic E-state index is 12.5. The fourth-order valence-electron chi connectivity index (χ4n) is 2.87. The molecule has 1 fully saturated rings. The lowest BCUT2D eigenvalue weighted by atomic mass is 10.1. The van der Waals surface area contributed by atoms with E-state index in [0.29, 0.717) is 35.6 Å². The first-order valence-electron chi connectivity index (χ1n) is 7.89. The Morgan fingerprint density at radius 1 is 1.43 bits per heavy atom. The number of pyridine rings is 1. The third kappa shape index (κ3) is 3.49. The second-order valence-electron chi connectivity index (χ2n) is 5.87. The summed E-state index contributed by atoms with van der Waals surface area (Å²) < 4.78 is 5.35. The number of carbonyl (C=O) groups excluding carboxylic acids is 1. The molecule has 0 unspecified atom stereocenters. The van der Waals surface area contributed by atoms with Crippen molar-refractivity contribution in [1.29, 1.82) is 0 Å². The first-order chi connectivity index (χ1) is 11.2. The highest BCUT2D eigenvalue weighted by molar-refractivity contribution is 5.94. The molecule has 0 saturated heterocycles. The summed E-state index contributed by atoms with van der Waals surface area (Å²) in [6.07, 6.45) is 6.27. The molecule has 7 nitrogen and oxygen atoms in total. The topological polar surface area (TPSA) is 84.2 Å². The predicted octanol–water partition coefficient (Wildman–Crippen LogP) is 2.44. The molecule has 23 heavy (non-hydrogen) atoms. The van der Waals surface area contributed by atoms with Gasteiger partial charge >= 0.3 is 0 Å². The van der Waals surface area contributed by atoms with Crippen LogP contribution in [0.3, 0.4) is 0 Å². The van der Waals surface area contributed by atoms with Crippen LogP contribution in [-0.4, -0.2) is 40.0 Å². The molecule has 0 spiro atoms. The number of hydrogen-bond donors (Lipinski definition) is 1. The number of nitrogens with one attached hydrogen (secondary N) is 1. The monoisotopic (exact) mass is 315 g/mol. The van der Waals surface area contributed by atoms with Crippen LogP contribution in [-0.2, 0) is 6.54 Å². The van der Waals surface area contributed by atoms with E-state index < -0.39 is 0 Å². The van der Waals surface area contributed by atoms with Gasteiger partial charge in [-0.15, -0.1) is 0 Å². The van der Waals surface area contributed by atoms with Crippen LogP contribution in [0.25, 0.3) is 0 Å². The molecule has 0 bridgehead atoms. The van der Waals surface area contributed by atoms with Crippen LogP contribution < -0.4 is 5.32 Å². The van der Waals surface area contributed by atoms with Crippen molar-refractivity contribution >= 4 is 11.7 Å². The number of anilines is 1. The molecule has 1 N–H and O–H groups in total. The molecule has 0 aliphatic heterocycles. The zero-order valence-electron chi connectivity index (χ0n) is 13.5. The molecule has 0 radical (unpaired) electrons. The minimum atomic E-state index is -0.101. The predicted molar refractivity (Wildman–Crippen MR) is 85.1 cm³/mol. The fourth-order valence-corrected chi connectivity index (χ4v) is 2.87. The minimum Gasteiger partial charge on any atom is -0.373 e. The summed E-state index contributed by atoms with van der Waals surface area (Å²) in [5.41, 5.74) is 0.575. The number of nitrogens with zero attached hydrogens (tertiary/aromatic N) is 4. The molecule has 1 aliphatic carbocycles. The SMILES string of the molecule is CNc1cc(C(=O)N(C)Cc2noc(C3CCCC3)n2)ccn1. The Morgan fingerprint density at radius 3 is 2.96 bits per heavy atom. The van der Waals surface area contributed by atoms with Crippen molar-refractivity contribution in [1.82, 2.24) is 20.0 Å². The van der Waals surface area contributed by atoms with Crippen LogP contribution in [0, 0.1) is 0 Å². The van der Waals surface area contributed by atoms with E-state index in [9.17, 15) is 4.79 Å². The van der Waals surface area contributed by atoms with E-state index in [1.54, 1.807) is 37.3 Å². The second-order valence-corrected chi connectivity index (χ2v) is 5.87. The van der Waals surface area contributed by atoms with Gasteiger partial charge in [0.15, 0.2) is 5.82 Å². The zero-order chi connectivity index (χ0) is 16.2. The third-order valence-corrected chi connectivity index (χ3v) is 4.18. The van der Waals surface area contributed by atoms with Gasteiger partial charge in [-0.3, -0.25) is 4.79 Å². The van der Waals surface area contributed by atoms with Crippen LogP contribution >= 0.6 is 0 Å². The summed E-state index contributed by atoms with van der Waals surface area (Å²) >= 11 is 0. The van der Waals surface area contributed by atoms with Gasteiger partial charge in [0.2, 0.25) is 5.89 Å². The Hall–Kier alpha value is -2.44. The van der Waals surface area contributed by atoms with Gasteiger partial charge in [-0.05, 0) is 25.0 Å². The van der Waals surface area contributed by atoms with E-state index in [4.69, 9.17) is 4.52 Å². The summed E-state index contributed by atoms with van der Waals surface area (Å²) in [5, 5.41) is 6.93. The highest BCUT2D eigenvalue weighted by Gasteiger charge is 2.23. The molecule has 2 heterocycles. The van der Waals surface area contributed by atoms with Crippen LogP contribution in [0.15, 0.2) is 22.9 Å². The highest BCUT2D eigenvalue weighted by atomic mass is 16.5. The van der Waals surface area contributed by atoms with Gasteiger partial charge in [0.05, 0.1) is 6.54 Å². The third-order valence-electron chi connectivity index (χ3n) is 4.18. The summed E-state index contributed by atoms with van der Waals surface area (Å²) in [6.45, 7) is 0.326. The lowest BCUT2D eigenvalue weighted by molar-refractivity contribution is 0.0780. The van der Waals surface area contributed by atoms with E-state index in [0.717, 1.165) is 12.8 Å². The summed E-state index contributed by atoms with van der Waals surface area (Å²) in [4.78, 5) is 22.6. The average Bonchev–Trinajstić information content (AvgIpc) is 3.25. The maximum atomic E-state index is 12.5. The van der Waals surface area contributed by atoms with Gasteiger partial charge in [0.1, 0.15) is 5.82 Å². The van der Waals surface area contributed by atoms with Crippen molar-refractivity contribution in [3.63, 3.8) is 0 Å². The number of rotatable bonds is 5. The Bertz CT molecular complexity index is 679. The number of amides is 1. The Balaban J connectivity index is 1.66. The van der Waals surface area contributed by atoms with Gasteiger partial charge < -0.3 is 14.7 Å². The van der Waals surface area contributed by atoms with Gasteiger partial charge in [-0.2, -0.15) is 4.98 Å². The molecule has 3 rings (SSSR count). The van der Waals surface area contributed by atoms with Crippen LogP contribution in [0.1, 0.15) is 53.7 Å². The summed E-state index contributed by atoms with van der Waals surface area (Å²) in [7, 11) is 3.50. The van der Waals surface area contributed by atoms with Crippen LogP contribution in [0.5, 0.6) is 0 Å². The summed E-state index contributed by atoms with van der Waals surface area (Å²) in [6, 6.07) is 3.42. The Morgan fingerprint density at radius 2 is 2.22 bits per heavy atom. The van der Waals surface area contributed by atoms with E-state index in [2.05, 4.69) is 20.4 Å². The Kier molecular flexibility index (Phi) is 4.55.